The molecule has 0 bridgehead atoms. The Morgan fingerprint density at radius 1 is 1.10 bits per heavy atom. The molecule has 0 fully saturated rings. The summed E-state index contributed by atoms with van der Waals surface area (Å²) in [5.74, 6) is -1.07. The zero-order valence-electron chi connectivity index (χ0n) is 16.8. The van der Waals surface area contributed by atoms with Gasteiger partial charge in [0.15, 0.2) is 0 Å². The molecule has 0 spiro atoms. The fourth-order valence-corrected chi connectivity index (χ4v) is 3.13. The summed E-state index contributed by atoms with van der Waals surface area (Å²) in [5.41, 5.74) is 3.34. The second kappa shape index (κ2) is 9.56. The lowest BCUT2D eigenvalue weighted by Crippen LogP contribution is -2.42. The Morgan fingerprint density at radius 2 is 1.83 bits per heavy atom. The summed E-state index contributed by atoms with van der Waals surface area (Å²) in [7, 11) is 1.29. The van der Waals surface area contributed by atoms with Crippen LogP contribution >= 0.6 is 0 Å². The molecule has 2 amide bonds. The van der Waals surface area contributed by atoms with Gasteiger partial charge in [0.05, 0.1) is 7.11 Å². The number of methoxy groups -OCH3 is 1. The van der Waals surface area contributed by atoms with Crippen molar-refractivity contribution in [3.8, 4) is 0 Å². The van der Waals surface area contributed by atoms with Crippen molar-refractivity contribution in [1.29, 1.82) is 0 Å². The van der Waals surface area contributed by atoms with Gasteiger partial charge in [-0.15, -0.1) is 0 Å². The maximum atomic E-state index is 12.4. The summed E-state index contributed by atoms with van der Waals surface area (Å²) >= 11 is 0. The molecule has 0 saturated carbocycles. The van der Waals surface area contributed by atoms with E-state index >= 15 is 0 Å². The molecule has 3 rings (SSSR count). The van der Waals surface area contributed by atoms with Crippen molar-refractivity contribution < 1.29 is 19.1 Å². The van der Waals surface area contributed by atoms with Crippen LogP contribution in [0.5, 0.6) is 0 Å². The minimum Gasteiger partial charge on any atom is -0.467 e. The average Bonchev–Trinajstić information content (AvgIpc) is 3.15. The number of nitrogens with one attached hydrogen (secondary N) is 3. The van der Waals surface area contributed by atoms with Gasteiger partial charge in [-0.3, -0.25) is 9.59 Å². The maximum Gasteiger partial charge on any atom is 0.328 e. The van der Waals surface area contributed by atoms with Crippen molar-refractivity contribution in [2.45, 2.75) is 19.4 Å². The SMILES string of the molecule is COC(=O)C(Cc1c[nH]c2ccccc12)NC(=O)/C=C/c1ccc(NC(C)=O)cc1. The van der Waals surface area contributed by atoms with E-state index in [1.807, 2.05) is 30.5 Å². The third-order valence-corrected chi connectivity index (χ3v) is 4.56. The van der Waals surface area contributed by atoms with Gasteiger partial charge in [0.1, 0.15) is 6.04 Å². The molecule has 0 radical (unpaired) electrons. The second-order valence-corrected chi connectivity index (χ2v) is 6.78. The molecule has 7 nitrogen and oxygen atoms in total. The predicted octanol–water partition coefficient (Wildman–Crippen LogP) is 3.04. The lowest BCUT2D eigenvalue weighted by atomic mass is 10.0. The van der Waals surface area contributed by atoms with Gasteiger partial charge in [-0.1, -0.05) is 30.3 Å². The summed E-state index contributed by atoms with van der Waals surface area (Å²) in [4.78, 5) is 38.8. The van der Waals surface area contributed by atoms with Crippen molar-refractivity contribution in [2.75, 3.05) is 12.4 Å². The first-order valence-electron chi connectivity index (χ1n) is 9.45. The first-order valence-corrected chi connectivity index (χ1v) is 9.45. The number of benzene rings is 2. The van der Waals surface area contributed by atoms with E-state index in [0.29, 0.717) is 12.1 Å². The van der Waals surface area contributed by atoms with Crippen molar-refractivity contribution >= 4 is 40.4 Å². The van der Waals surface area contributed by atoms with E-state index in [9.17, 15) is 14.4 Å². The topological polar surface area (TPSA) is 100 Å². The van der Waals surface area contributed by atoms with Crippen LogP contribution in [-0.2, 0) is 25.5 Å². The number of carbonyl (C=O) groups excluding carboxylic acids is 3. The van der Waals surface area contributed by atoms with Crippen molar-refractivity contribution in [3.63, 3.8) is 0 Å². The first-order chi connectivity index (χ1) is 14.5. The van der Waals surface area contributed by atoms with Gasteiger partial charge >= 0.3 is 5.97 Å². The number of anilines is 1. The number of H-pyrrole nitrogens is 1. The van der Waals surface area contributed by atoms with Crippen LogP contribution < -0.4 is 10.6 Å². The van der Waals surface area contributed by atoms with Crippen LogP contribution in [0.1, 0.15) is 18.1 Å². The number of carbonyl (C=O) groups is 3. The molecule has 0 saturated heterocycles. The number of esters is 1. The number of aromatic amines is 1. The third kappa shape index (κ3) is 5.35. The molecule has 1 unspecified atom stereocenters. The first kappa shape index (κ1) is 20.9. The largest absolute Gasteiger partial charge is 0.467 e. The fourth-order valence-electron chi connectivity index (χ4n) is 3.13. The second-order valence-electron chi connectivity index (χ2n) is 6.78. The van der Waals surface area contributed by atoms with E-state index < -0.39 is 17.9 Å². The number of amides is 2. The summed E-state index contributed by atoms with van der Waals surface area (Å²) in [6, 6.07) is 14.0. The van der Waals surface area contributed by atoms with E-state index in [1.165, 1.54) is 20.1 Å². The third-order valence-electron chi connectivity index (χ3n) is 4.56. The smallest absolute Gasteiger partial charge is 0.328 e. The molecule has 2 aromatic carbocycles. The molecule has 3 aromatic rings. The minimum absolute atomic E-state index is 0.151. The molecule has 0 aliphatic heterocycles. The molecule has 30 heavy (non-hydrogen) atoms. The Morgan fingerprint density at radius 3 is 2.53 bits per heavy atom. The number of aromatic nitrogens is 1. The van der Waals surface area contributed by atoms with Crippen molar-refractivity contribution in [1.82, 2.24) is 10.3 Å². The van der Waals surface area contributed by atoms with Crippen molar-refractivity contribution in [2.24, 2.45) is 0 Å². The molecule has 3 N–H and O–H groups in total. The Labute approximate surface area is 174 Å². The van der Waals surface area contributed by atoms with Gasteiger partial charge in [0.2, 0.25) is 11.8 Å². The van der Waals surface area contributed by atoms with Crippen LogP contribution in [0.2, 0.25) is 0 Å². The Hall–Kier alpha value is -3.87. The van der Waals surface area contributed by atoms with Gasteiger partial charge in [-0.2, -0.15) is 0 Å². The van der Waals surface area contributed by atoms with Gasteiger partial charge < -0.3 is 20.4 Å². The molecule has 0 aliphatic rings. The average molecular weight is 405 g/mol. The number of hydrogen-bond acceptors (Lipinski definition) is 4. The zero-order chi connectivity index (χ0) is 21.5. The summed E-state index contributed by atoms with van der Waals surface area (Å²) in [6.45, 7) is 1.44. The minimum atomic E-state index is -0.812. The summed E-state index contributed by atoms with van der Waals surface area (Å²) in [6.07, 6.45) is 5.13. The molecule has 1 heterocycles. The predicted molar refractivity (Wildman–Crippen MR) is 116 cm³/mol. The monoisotopic (exact) mass is 405 g/mol. The highest BCUT2D eigenvalue weighted by Gasteiger charge is 2.22. The molecular formula is C23H23N3O4. The Balaban J connectivity index is 1.67. The molecule has 0 aliphatic carbocycles. The van der Waals surface area contributed by atoms with Crippen LogP contribution in [0.3, 0.4) is 0 Å². The van der Waals surface area contributed by atoms with E-state index in [-0.39, 0.29) is 5.91 Å². The maximum absolute atomic E-state index is 12.4. The van der Waals surface area contributed by atoms with Crippen LogP contribution in [-0.4, -0.2) is 35.9 Å². The molecular weight excluding hydrogens is 382 g/mol. The highest BCUT2D eigenvalue weighted by Crippen LogP contribution is 2.19. The molecule has 1 aromatic heterocycles. The molecule has 7 heteroatoms. The Kier molecular flexibility index (Phi) is 6.64. The summed E-state index contributed by atoms with van der Waals surface area (Å²) in [5, 5.41) is 6.38. The zero-order valence-corrected chi connectivity index (χ0v) is 16.8. The number of ether oxygens (including phenoxy) is 1. The summed E-state index contributed by atoms with van der Waals surface area (Å²) < 4.78 is 4.86. The van der Waals surface area contributed by atoms with Crippen LogP contribution in [0, 0.1) is 0 Å². The quantitative estimate of drug-likeness (QED) is 0.415. The highest BCUT2D eigenvalue weighted by atomic mass is 16.5. The fraction of sp³-hybridized carbons (Fsp3) is 0.174. The normalized spacial score (nSPS) is 11.9. The van der Waals surface area contributed by atoms with Gasteiger partial charge in [-0.05, 0) is 35.4 Å². The highest BCUT2D eigenvalue weighted by molar-refractivity contribution is 5.95. The Bertz CT molecular complexity index is 1080. The van der Waals surface area contributed by atoms with E-state index in [1.54, 1.807) is 30.3 Å². The van der Waals surface area contributed by atoms with Gasteiger partial charge in [0, 0.05) is 42.2 Å². The van der Waals surface area contributed by atoms with Gasteiger partial charge in [-0.25, -0.2) is 4.79 Å². The number of fused-ring (bicyclic) bond motifs is 1. The number of hydrogen-bond donors (Lipinski definition) is 3. The van der Waals surface area contributed by atoms with E-state index in [0.717, 1.165) is 22.0 Å². The number of rotatable bonds is 7. The lowest BCUT2D eigenvalue weighted by molar-refractivity contribution is -0.144. The number of para-hydroxylation sites is 1. The van der Waals surface area contributed by atoms with Crippen LogP contribution in [0.25, 0.3) is 17.0 Å². The van der Waals surface area contributed by atoms with Gasteiger partial charge in [0.25, 0.3) is 0 Å². The van der Waals surface area contributed by atoms with E-state index in [2.05, 4.69) is 15.6 Å². The molecule has 154 valence electrons. The van der Waals surface area contributed by atoms with Crippen molar-refractivity contribution in [3.05, 3.63) is 71.9 Å². The van der Waals surface area contributed by atoms with E-state index in [4.69, 9.17) is 4.74 Å². The van der Waals surface area contributed by atoms with Crippen LogP contribution in [0.4, 0.5) is 5.69 Å². The standard InChI is InChI=1S/C23H23N3O4/c1-15(27)25-18-10-7-16(8-11-18)9-12-22(28)26-21(23(29)30-2)13-17-14-24-20-6-4-3-5-19(17)20/h3-12,14,21,24H,13H2,1-2H3,(H,25,27)(H,26,28)/b12-9+. The lowest BCUT2D eigenvalue weighted by Gasteiger charge is -2.15. The molecule has 1 atom stereocenters. The van der Waals surface area contributed by atoms with Crippen LogP contribution in [0.15, 0.2) is 60.8 Å².